The number of aromatic hydroxyl groups is 1. The van der Waals surface area contributed by atoms with Gasteiger partial charge in [-0.3, -0.25) is 9.36 Å². The molecule has 2 heterocycles. The number of carbonyl (C=O) groups excluding carboxylic acids is 1. The molecule has 9 heteroatoms. The van der Waals surface area contributed by atoms with Crippen molar-refractivity contribution in [2.24, 2.45) is 10.2 Å². The third-order valence-electron chi connectivity index (χ3n) is 5.35. The van der Waals surface area contributed by atoms with Gasteiger partial charge in [0.1, 0.15) is 0 Å². The number of ether oxygens (including phenoxy) is 2. The second kappa shape index (κ2) is 9.49. The number of quaternary nitrogens is 1. The van der Waals surface area contributed by atoms with Crippen molar-refractivity contribution in [1.29, 1.82) is 0 Å². The van der Waals surface area contributed by atoms with Crippen molar-refractivity contribution in [3.8, 4) is 17.4 Å². The molecule has 31 heavy (non-hydrogen) atoms. The minimum absolute atomic E-state index is 0.00898. The molecule has 1 fully saturated rings. The lowest BCUT2D eigenvalue weighted by atomic mass is 10.2. The molecule has 1 saturated heterocycles. The SMILES string of the molecule is COc1ccccc1OCC(=O)N=Nc1c(O)n(C[NH+]2CCCC2)c2ccc(Br)cc12. The number of benzene rings is 2. The van der Waals surface area contributed by atoms with E-state index in [0.717, 1.165) is 28.5 Å². The van der Waals surface area contributed by atoms with E-state index in [1.54, 1.807) is 18.2 Å². The number of hydrogen-bond acceptors (Lipinski definition) is 5. The molecule has 0 spiro atoms. The van der Waals surface area contributed by atoms with Crippen molar-refractivity contribution in [2.45, 2.75) is 19.5 Å². The maximum atomic E-state index is 12.3. The first-order valence-electron chi connectivity index (χ1n) is 10.1. The van der Waals surface area contributed by atoms with Crippen LogP contribution in [0.4, 0.5) is 5.69 Å². The second-order valence-electron chi connectivity index (χ2n) is 7.41. The fourth-order valence-electron chi connectivity index (χ4n) is 3.82. The number of methoxy groups -OCH3 is 1. The molecule has 2 N–H and O–H groups in total. The molecule has 1 aliphatic rings. The van der Waals surface area contributed by atoms with E-state index in [2.05, 4.69) is 26.2 Å². The summed E-state index contributed by atoms with van der Waals surface area (Å²) >= 11 is 3.47. The van der Waals surface area contributed by atoms with E-state index in [1.165, 1.54) is 24.9 Å². The highest BCUT2D eigenvalue weighted by atomic mass is 79.9. The van der Waals surface area contributed by atoms with E-state index in [9.17, 15) is 9.90 Å². The first-order chi connectivity index (χ1) is 15.1. The van der Waals surface area contributed by atoms with Crippen LogP contribution in [0, 0.1) is 0 Å². The van der Waals surface area contributed by atoms with Crippen LogP contribution >= 0.6 is 15.9 Å². The predicted octanol–water partition coefficient (Wildman–Crippen LogP) is 3.44. The standard InChI is InChI=1S/C22H23BrN4O4/c1-30-18-6-2-3-7-19(18)31-13-20(28)24-25-21-16-12-15(23)8-9-17(16)27(22(21)29)14-26-10-4-5-11-26/h2-3,6-9,12,29H,4-5,10-11,13-14H2,1H3/p+1. The molecule has 8 nitrogen and oxygen atoms in total. The highest BCUT2D eigenvalue weighted by Gasteiger charge is 2.22. The Labute approximate surface area is 188 Å². The van der Waals surface area contributed by atoms with Crippen molar-refractivity contribution < 1.29 is 24.3 Å². The van der Waals surface area contributed by atoms with Crippen LogP contribution in [0.3, 0.4) is 0 Å². The molecule has 0 saturated carbocycles. The molecule has 0 radical (unpaired) electrons. The number of fused-ring (bicyclic) bond motifs is 1. The molecule has 0 bridgehead atoms. The largest absolute Gasteiger partial charge is 0.493 e. The molecular formula is C22H24BrN4O4+. The average molecular weight is 488 g/mol. The van der Waals surface area contributed by atoms with Crippen LogP contribution in [0.1, 0.15) is 12.8 Å². The van der Waals surface area contributed by atoms with Crippen LogP contribution in [0.15, 0.2) is 57.2 Å². The van der Waals surface area contributed by atoms with Crippen LogP contribution in [-0.4, -0.2) is 42.4 Å². The molecule has 1 aliphatic heterocycles. The van der Waals surface area contributed by atoms with Gasteiger partial charge < -0.3 is 19.5 Å². The number of azo groups is 1. The van der Waals surface area contributed by atoms with Crippen molar-refractivity contribution in [2.75, 3.05) is 26.8 Å². The Hall–Kier alpha value is -2.91. The van der Waals surface area contributed by atoms with Gasteiger partial charge in [0.2, 0.25) is 5.88 Å². The number of likely N-dealkylation sites (tertiary alicyclic amines) is 1. The summed E-state index contributed by atoms with van der Waals surface area (Å²) in [5, 5.41) is 19.5. The molecule has 2 aromatic carbocycles. The van der Waals surface area contributed by atoms with E-state index in [-0.39, 0.29) is 18.2 Å². The van der Waals surface area contributed by atoms with Crippen molar-refractivity contribution in [1.82, 2.24) is 4.57 Å². The Morgan fingerprint density at radius 1 is 1.19 bits per heavy atom. The number of para-hydroxylation sites is 2. The summed E-state index contributed by atoms with van der Waals surface area (Å²) in [6.45, 7) is 2.51. The Balaban J connectivity index is 1.55. The summed E-state index contributed by atoms with van der Waals surface area (Å²) in [5.41, 5.74) is 1.13. The summed E-state index contributed by atoms with van der Waals surface area (Å²) in [5.74, 6) is 0.425. The maximum absolute atomic E-state index is 12.3. The van der Waals surface area contributed by atoms with E-state index in [0.29, 0.717) is 18.2 Å². The van der Waals surface area contributed by atoms with Gasteiger partial charge in [-0.25, -0.2) is 0 Å². The highest BCUT2D eigenvalue weighted by molar-refractivity contribution is 9.10. The monoisotopic (exact) mass is 487 g/mol. The smallest absolute Gasteiger partial charge is 0.302 e. The molecule has 1 amide bonds. The van der Waals surface area contributed by atoms with Gasteiger partial charge in [0.05, 0.1) is 25.7 Å². The van der Waals surface area contributed by atoms with Gasteiger partial charge in [-0.2, -0.15) is 0 Å². The van der Waals surface area contributed by atoms with Crippen LogP contribution in [0.2, 0.25) is 0 Å². The zero-order valence-corrected chi connectivity index (χ0v) is 18.8. The number of aromatic nitrogens is 1. The van der Waals surface area contributed by atoms with E-state index in [4.69, 9.17) is 9.47 Å². The lowest BCUT2D eigenvalue weighted by molar-refractivity contribution is -0.910. The number of amides is 1. The highest BCUT2D eigenvalue weighted by Crippen LogP contribution is 2.39. The Kier molecular flexibility index (Phi) is 6.53. The van der Waals surface area contributed by atoms with Gasteiger partial charge in [-0.05, 0) is 30.3 Å². The number of nitrogens with one attached hydrogen (secondary N) is 1. The van der Waals surface area contributed by atoms with Gasteiger partial charge in [0.15, 0.2) is 30.5 Å². The quantitative estimate of drug-likeness (QED) is 0.499. The number of halogens is 1. The van der Waals surface area contributed by atoms with Crippen molar-refractivity contribution in [3.05, 3.63) is 46.9 Å². The number of carbonyl (C=O) groups is 1. The van der Waals surface area contributed by atoms with Crippen LogP contribution in [-0.2, 0) is 11.5 Å². The predicted molar refractivity (Wildman–Crippen MR) is 119 cm³/mol. The Morgan fingerprint density at radius 3 is 2.68 bits per heavy atom. The number of rotatable bonds is 7. The van der Waals surface area contributed by atoms with Gasteiger partial charge in [-0.1, -0.05) is 28.1 Å². The molecule has 3 aromatic rings. The average Bonchev–Trinajstić information content (AvgIpc) is 3.38. The van der Waals surface area contributed by atoms with Crippen LogP contribution in [0.5, 0.6) is 17.4 Å². The number of hydrogen-bond donors (Lipinski definition) is 2. The Morgan fingerprint density at radius 2 is 1.94 bits per heavy atom. The first-order valence-corrected chi connectivity index (χ1v) is 10.9. The topological polar surface area (TPSA) is 89.8 Å². The third-order valence-corrected chi connectivity index (χ3v) is 5.84. The van der Waals surface area contributed by atoms with Gasteiger partial charge in [0, 0.05) is 22.7 Å². The van der Waals surface area contributed by atoms with Gasteiger partial charge in [0.25, 0.3) is 0 Å². The third kappa shape index (κ3) is 4.72. The minimum Gasteiger partial charge on any atom is -0.493 e. The molecule has 0 aliphatic carbocycles. The zero-order valence-electron chi connectivity index (χ0n) is 17.2. The summed E-state index contributed by atoms with van der Waals surface area (Å²) in [6.07, 6.45) is 2.38. The molecular weight excluding hydrogens is 464 g/mol. The lowest BCUT2D eigenvalue weighted by Crippen LogP contribution is -3.09. The summed E-state index contributed by atoms with van der Waals surface area (Å²) in [4.78, 5) is 13.7. The minimum atomic E-state index is -0.564. The normalized spacial score (nSPS) is 14.5. The van der Waals surface area contributed by atoms with Crippen LogP contribution < -0.4 is 14.4 Å². The van der Waals surface area contributed by atoms with E-state index in [1.807, 2.05) is 28.8 Å². The summed E-state index contributed by atoms with van der Waals surface area (Å²) in [7, 11) is 1.53. The molecule has 1 aromatic heterocycles. The molecule has 0 unspecified atom stereocenters. The van der Waals surface area contributed by atoms with Crippen molar-refractivity contribution in [3.63, 3.8) is 0 Å². The maximum Gasteiger partial charge on any atom is 0.302 e. The summed E-state index contributed by atoms with van der Waals surface area (Å²) < 4.78 is 13.4. The fraction of sp³-hybridized carbons (Fsp3) is 0.318. The van der Waals surface area contributed by atoms with Crippen molar-refractivity contribution >= 4 is 38.4 Å². The lowest BCUT2D eigenvalue weighted by Gasteiger charge is -2.14. The van der Waals surface area contributed by atoms with Gasteiger partial charge in [-0.15, -0.1) is 10.2 Å². The van der Waals surface area contributed by atoms with Crippen LogP contribution in [0.25, 0.3) is 10.9 Å². The number of nitrogens with zero attached hydrogens (tertiary/aromatic N) is 3. The first kappa shape index (κ1) is 21.3. The van der Waals surface area contributed by atoms with E-state index >= 15 is 0 Å². The fourth-order valence-corrected chi connectivity index (χ4v) is 4.18. The van der Waals surface area contributed by atoms with Gasteiger partial charge >= 0.3 is 5.91 Å². The zero-order chi connectivity index (χ0) is 21.8. The second-order valence-corrected chi connectivity index (χ2v) is 8.33. The molecule has 4 rings (SSSR count). The summed E-state index contributed by atoms with van der Waals surface area (Å²) in [6, 6.07) is 12.8. The molecule has 0 atom stereocenters. The van der Waals surface area contributed by atoms with E-state index < -0.39 is 5.91 Å². The molecule has 162 valence electrons. The Bertz CT molecular complexity index is 1120.